The van der Waals surface area contributed by atoms with Gasteiger partial charge < -0.3 is 5.11 Å². The molecule has 4 heteroatoms. The Morgan fingerprint density at radius 3 is 2.38 bits per heavy atom. The second-order valence-electron chi connectivity index (χ2n) is 4.16. The molecular weight excluding hydrogens is 224 g/mol. The number of carboxylic acids is 1. The highest BCUT2D eigenvalue weighted by Gasteiger charge is 2.26. The number of hydrogen-bond acceptors (Lipinski definition) is 3. The Labute approximate surface area is 98.9 Å². The van der Waals surface area contributed by atoms with Crippen LogP contribution in [0.4, 0.5) is 0 Å². The number of rotatable bonds is 5. The Morgan fingerprint density at radius 2 is 1.94 bits per heavy atom. The SMILES string of the molecule is CC(C)(CSc1ccc(C=O)cc1)C(=O)O. The predicted molar refractivity (Wildman–Crippen MR) is 64.0 cm³/mol. The number of benzene rings is 1. The summed E-state index contributed by atoms with van der Waals surface area (Å²) in [7, 11) is 0. The maximum absolute atomic E-state index is 10.9. The Morgan fingerprint density at radius 1 is 1.38 bits per heavy atom. The van der Waals surface area contributed by atoms with E-state index in [0.29, 0.717) is 11.3 Å². The molecule has 1 aromatic carbocycles. The molecule has 0 aliphatic heterocycles. The van der Waals surface area contributed by atoms with Crippen molar-refractivity contribution >= 4 is 24.0 Å². The van der Waals surface area contributed by atoms with Crippen LogP contribution in [0.2, 0.25) is 0 Å². The van der Waals surface area contributed by atoms with E-state index in [9.17, 15) is 9.59 Å². The van der Waals surface area contributed by atoms with Crippen LogP contribution in [0.5, 0.6) is 0 Å². The van der Waals surface area contributed by atoms with Crippen molar-refractivity contribution in [3.8, 4) is 0 Å². The van der Waals surface area contributed by atoms with Crippen LogP contribution < -0.4 is 0 Å². The smallest absolute Gasteiger partial charge is 0.309 e. The highest BCUT2D eigenvalue weighted by atomic mass is 32.2. The molecule has 0 fully saturated rings. The Balaban J connectivity index is 2.61. The van der Waals surface area contributed by atoms with Crippen molar-refractivity contribution in [2.45, 2.75) is 18.7 Å². The standard InChI is InChI=1S/C12H14O3S/c1-12(2,11(14)15)8-16-10-5-3-9(7-13)4-6-10/h3-7H,8H2,1-2H3,(H,14,15). The molecule has 0 aliphatic rings. The number of aliphatic carboxylic acids is 1. The summed E-state index contributed by atoms with van der Waals surface area (Å²) in [5.74, 6) is -0.299. The van der Waals surface area contributed by atoms with Crippen molar-refractivity contribution in [3.05, 3.63) is 29.8 Å². The first-order valence-corrected chi connectivity index (χ1v) is 5.86. The van der Waals surface area contributed by atoms with E-state index in [-0.39, 0.29) is 0 Å². The maximum Gasteiger partial charge on any atom is 0.309 e. The van der Waals surface area contributed by atoms with Gasteiger partial charge in [-0.3, -0.25) is 9.59 Å². The third kappa shape index (κ3) is 3.38. The lowest BCUT2D eigenvalue weighted by Gasteiger charge is -2.18. The quantitative estimate of drug-likeness (QED) is 0.633. The number of carbonyl (C=O) groups excluding carboxylic acids is 1. The van der Waals surface area contributed by atoms with Gasteiger partial charge in [0.2, 0.25) is 0 Å². The zero-order valence-electron chi connectivity index (χ0n) is 9.27. The molecule has 0 aliphatic carbocycles. The van der Waals surface area contributed by atoms with Gasteiger partial charge in [-0.15, -0.1) is 11.8 Å². The van der Waals surface area contributed by atoms with Crippen molar-refractivity contribution in [2.75, 3.05) is 5.75 Å². The van der Waals surface area contributed by atoms with Gasteiger partial charge in [-0.1, -0.05) is 12.1 Å². The lowest BCUT2D eigenvalue weighted by Crippen LogP contribution is -2.26. The van der Waals surface area contributed by atoms with Crippen LogP contribution in [0.3, 0.4) is 0 Å². The first kappa shape index (κ1) is 12.8. The first-order valence-electron chi connectivity index (χ1n) is 4.87. The molecular formula is C12H14O3S. The number of carboxylic acid groups (broad SMARTS) is 1. The summed E-state index contributed by atoms with van der Waals surface area (Å²) in [6, 6.07) is 7.10. The zero-order chi connectivity index (χ0) is 12.2. The molecule has 0 saturated carbocycles. The van der Waals surface area contributed by atoms with Crippen LogP contribution in [0.25, 0.3) is 0 Å². The summed E-state index contributed by atoms with van der Waals surface area (Å²) in [4.78, 5) is 22.3. The molecule has 0 radical (unpaired) electrons. The van der Waals surface area contributed by atoms with Gasteiger partial charge in [0.25, 0.3) is 0 Å². The molecule has 1 aromatic rings. The van der Waals surface area contributed by atoms with Crippen LogP contribution in [0.15, 0.2) is 29.2 Å². The van der Waals surface area contributed by atoms with Crippen molar-refractivity contribution < 1.29 is 14.7 Å². The minimum Gasteiger partial charge on any atom is -0.481 e. The molecule has 0 amide bonds. The number of aldehydes is 1. The summed E-state index contributed by atoms with van der Waals surface area (Å²) >= 11 is 1.48. The van der Waals surface area contributed by atoms with Crippen LogP contribution >= 0.6 is 11.8 Å². The van der Waals surface area contributed by atoms with Gasteiger partial charge in [0.05, 0.1) is 5.41 Å². The fraction of sp³-hybridized carbons (Fsp3) is 0.333. The van der Waals surface area contributed by atoms with E-state index in [0.717, 1.165) is 11.2 Å². The van der Waals surface area contributed by atoms with Crippen LogP contribution in [-0.2, 0) is 4.79 Å². The minimum atomic E-state index is -0.801. The topological polar surface area (TPSA) is 54.4 Å². The van der Waals surface area contributed by atoms with Gasteiger partial charge in [0.15, 0.2) is 0 Å². The van der Waals surface area contributed by atoms with Crippen LogP contribution in [-0.4, -0.2) is 23.1 Å². The van der Waals surface area contributed by atoms with Gasteiger partial charge in [0.1, 0.15) is 6.29 Å². The summed E-state index contributed by atoms with van der Waals surface area (Å²) in [5.41, 5.74) is -0.115. The van der Waals surface area contributed by atoms with Gasteiger partial charge >= 0.3 is 5.97 Å². The third-order valence-electron chi connectivity index (χ3n) is 2.19. The number of thioether (sulfide) groups is 1. The molecule has 0 atom stereocenters. The molecule has 86 valence electrons. The van der Waals surface area contributed by atoms with E-state index < -0.39 is 11.4 Å². The van der Waals surface area contributed by atoms with E-state index in [2.05, 4.69) is 0 Å². The van der Waals surface area contributed by atoms with Crippen molar-refractivity contribution in [3.63, 3.8) is 0 Å². The highest BCUT2D eigenvalue weighted by molar-refractivity contribution is 7.99. The number of hydrogen-bond donors (Lipinski definition) is 1. The minimum absolute atomic E-state index is 0.503. The van der Waals surface area contributed by atoms with E-state index in [1.165, 1.54) is 11.8 Å². The molecule has 0 unspecified atom stereocenters. The van der Waals surface area contributed by atoms with Gasteiger partial charge in [-0.25, -0.2) is 0 Å². The van der Waals surface area contributed by atoms with Crippen molar-refractivity contribution in [2.24, 2.45) is 5.41 Å². The summed E-state index contributed by atoms with van der Waals surface area (Å²) in [6.07, 6.45) is 0.787. The third-order valence-corrected chi connectivity index (χ3v) is 3.67. The van der Waals surface area contributed by atoms with Crippen molar-refractivity contribution in [1.29, 1.82) is 0 Å². The molecule has 0 aromatic heterocycles. The fourth-order valence-electron chi connectivity index (χ4n) is 0.968. The highest BCUT2D eigenvalue weighted by Crippen LogP contribution is 2.27. The Kier molecular flexibility index (Phi) is 4.12. The van der Waals surface area contributed by atoms with Gasteiger partial charge in [-0.2, -0.15) is 0 Å². The molecule has 1 N–H and O–H groups in total. The average molecular weight is 238 g/mol. The molecule has 3 nitrogen and oxygen atoms in total. The molecule has 0 spiro atoms. The van der Waals surface area contributed by atoms with Gasteiger partial charge in [-0.05, 0) is 26.0 Å². The lowest BCUT2D eigenvalue weighted by atomic mass is 9.97. The van der Waals surface area contributed by atoms with Crippen molar-refractivity contribution in [1.82, 2.24) is 0 Å². The van der Waals surface area contributed by atoms with E-state index in [4.69, 9.17) is 5.11 Å². The largest absolute Gasteiger partial charge is 0.481 e. The molecule has 0 heterocycles. The summed E-state index contributed by atoms with van der Waals surface area (Å²) in [5, 5.41) is 8.94. The predicted octanol–water partition coefficient (Wildman–Crippen LogP) is 2.70. The normalized spacial score (nSPS) is 11.1. The summed E-state index contributed by atoms with van der Waals surface area (Å²) < 4.78 is 0. The Bertz CT molecular complexity index is 382. The fourth-order valence-corrected chi connectivity index (χ4v) is 1.95. The van der Waals surface area contributed by atoms with Crippen LogP contribution in [0.1, 0.15) is 24.2 Å². The van der Waals surface area contributed by atoms with Gasteiger partial charge in [0, 0.05) is 16.2 Å². The monoisotopic (exact) mass is 238 g/mol. The molecule has 16 heavy (non-hydrogen) atoms. The maximum atomic E-state index is 10.9. The molecule has 1 rings (SSSR count). The van der Waals surface area contributed by atoms with Crippen LogP contribution in [0, 0.1) is 5.41 Å². The Hall–Kier alpha value is -1.29. The molecule has 0 saturated heterocycles. The molecule has 0 bridgehead atoms. The average Bonchev–Trinajstić information content (AvgIpc) is 2.27. The second kappa shape index (κ2) is 5.16. The summed E-state index contributed by atoms with van der Waals surface area (Å²) in [6.45, 7) is 3.39. The van der Waals surface area contributed by atoms with E-state index in [1.807, 2.05) is 12.1 Å². The lowest BCUT2D eigenvalue weighted by molar-refractivity contribution is -0.145. The zero-order valence-corrected chi connectivity index (χ0v) is 10.1. The van der Waals surface area contributed by atoms with E-state index in [1.54, 1.807) is 26.0 Å². The van der Waals surface area contributed by atoms with E-state index >= 15 is 0 Å². The second-order valence-corrected chi connectivity index (χ2v) is 5.21. The first-order chi connectivity index (χ1) is 7.45. The number of carbonyl (C=O) groups is 2.